The zero-order valence-corrected chi connectivity index (χ0v) is 24.1. The van der Waals surface area contributed by atoms with Gasteiger partial charge >= 0.3 is 5.97 Å². The van der Waals surface area contributed by atoms with Crippen molar-refractivity contribution in [1.82, 2.24) is 5.32 Å². The zero-order chi connectivity index (χ0) is 26.6. The van der Waals surface area contributed by atoms with Crippen molar-refractivity contribution in [3.05, 3.63) is 0 Å². The summed E-state index contributed by atoms with van der Waals surface area (Å²) in [5.74, 6) is 2.78. The van der Waals surface area contributed by atoms with Crippen LogP contribution in [-0.2, 0) is 19.1 Å². The minimum Gasteiger partial charge on any atom is -0.462 e. The normalized spacial score (nSPS) is 45.0. The molecule has 4 unspecified atom stereocenters. The Balaban J connectivity index is 1.80. The number of hydrogen-bond acceptors (Lipinski definition) is 5. The molecule has 0 aromatic carbocycles. The Kier molecular flexibility index (Phi) is 7.84. The van der Waals surface area contributed by atoms with Crippen LogP contribution in [-0.4, -0.2) is 35.7 Å². The fraction of sp³-hybridized carbons (Fsp3) is 0.903. The van der Waals surface area contributed by atoms with Gasteiger partial charge in [0.1, 0.15) is 11.9 Å². The predicted molar refractivity (Wildman–Crippen MR) is 142 cm³/mol. The highest BCUT2D eigenvalue weighted by molar-refractivity contribution is 5.92. The van der Waals surface area contributed by atoms with Gasteiger partial charge in [-0.15, -0.1) is 0 Å². The van der Waals surface area contributed by atoms with Crippen molar-refractivity contribution in [2.45, 2.75) is 125 Å². The highest BCUT2D eigenvalue weighted by Gasteiger charge is 2.69. The Morgan fingerprint density at radius 2 is 1.78 bits per heavy atom. The van der Waals surface area contributed by atoms with Crippen LogP contribution in [0.25, 0.3) is 0 Å². The first-order valence-electron chi connectivity index (χ1n) is 14.8. The second-order valence-corrected chi connectivity index (χ2v) is 14.0. The number of ketones is 2. The molecule has 4 aliphatic rings. The second-order valence-electron chi connectivity index (χ2n) is 14.0. The van der Waals surface area contributed by atoms with Crippen LogP contribution < -0.4 is 5.32 Å². The summed E-state index contributed by atoms with van der Waals surface area (Å²) in [6.45, 7) is 16.8. The van der Waals surface area contributed by atoms with E-state index in [2.05, 4.69) is 46.9 Å². The molecule has 11 atom stereocenters. The summed E-state index contributed by atoms with van der Waals surface area (Å²) in [6, 6.07) is -0.00970. The van der Waals surface area contributed by atoms with Crippen LogP contribution in [0.5, 0.6) is 0 Å². The van der Waals surface area contributed by atoms with Gasteiger partial charge in [-0.2, -0.15) is 0 Å². The van der Waals surface area contributed by atoms with E-state index in [0.717, 1.165) is 38.5 Å². The van der Waals surface area contributed by atoms with Gasteiger partial charge in [0.05, 0.1) is 6.04 Å². The van der Waals surface area contributed by atoms with Crippen LogP contribution in [0.15, 0.2) is 0 Å². The highest BCUT2D eigenvalue weighted by Crippen LogP contribution is 2.68. The number of carbonyl (C=O) groups is 3. The molecule has 5 heteroatoms. The number of esters is 1. The SMILES string of the molecule is CC(=O)CC[C@@H](C)C1CCC2C3C([C@H](NC(C)C)C(=O)[C@@]21C)[C@@]1(C)CC[C@@H](C)C[C@H]1C[C@H]3OC(C)=O. The summed E-state index contributed by atoms with van der Waals surface area (Å²) < 4.78 is 6.18. The molecule has 4 rings (SSSR count). The summed E-state index contributed by atoms with van der Waals surface area (Å²) >= 11 is 0. The summed E-state index contributed by atoms with van der Waals surface area (Å²) in [6.07, 6.45) is 7.80. The maximum absolute atomic E-state index is 14.7. The number of fused-ring (bicyclic) bond motifs is 5. The lowest BCUT2D eigenvalue weighted by Crippen LogP contribution is -2.70. The molecule has 0 heterocycles. The first-order valence-corrected chi connectivity index (χ1v) is 14.8. The molecule has 0 aliphatic heterocycles. The quantitative estimate of drug-likeness (QED) is 0.434. The zero-order valence-electron chi connectivity index (χ0n) is 24.1. The standard InChI is InChI=1S/C31H51NO4/c1-17(2)32-28-27-26(25(36-21(6)34)16-22-15-18(3)13-14-30(22,27)7)24-12-11-23(31(24,8)29(28)35)19(4)9-10-20(5)33/h17-19,22-28,32H,9-16H2,1-8H3/t18-,19-,22+,23?,24?,25-,26?,27?,28+,30+,31-/m1/s1. The lowest BCUT2D eigenvalue weighted by atomic mass is 9.41. The molecule has 0 amide bonds. The van der Waals surface area contributed by atoms with Crippen LogP contribution >= 0.6 is 0 Å². The molecular formula is C31H51NO4. The summed E-state index contributed by atoms with van der Waals surface area (Å²) in [5.41, 5.74) is -0.372. The first-order chi connectivity index (χ1) is 16.8. The van der Waals surface area contributed by atoms with Crippen molar-refractivity contribution < 1.29 is 19.1 Å². The molecule has 0 aromatic heterocycles. The average Bonchev–Trinajstić information content (AvgIpc) is 3.13. The van der Waals surface area contributed by atoms with E-state index in [9.17, 15) is 14.4 Å². The van der Waals surface area contributed by atoms with Crippen molar-refractivity contribution in [2.75, 3.05) is 0 Å². The minimum absolute atomic E-state index is 0.0791. The van der Waals surface area contributed by atoms with Crippen molar-refractivity contribution >= 4 is 17.5 Å². The lowest BCUT2D eigenvalue weighted by Gasteiger charge is -2.64. The van der Waals surface area contributed by atoms with Crippen LogP contribution in [0.3, 0.4) is 0 Å². The number of carbonyl (C=O) groups excluding carboxylic acids is 3. The third-order valence-electron chi connectivity index (χ3n) is 11.4. The van der Waals surface area contributed by atoms with Crippen molar-refractivity contribution in [3.63, 3.8) is 0 Å². The van der Waals surface area contributed by atoms with E-state index in [1.165, 1.54) is 6.42 Å². The van der Waals surface area contributed by atoms with E-state index < -0.39 is 5.41 Å². The van der Waals surface area contributed by atoms with Crippen molar-refractivity contribution in [3.8, 4) is 0 Å². The molecule has 4 saturated carbocycles. The van der Waals surface area contributed by atoms with Gasteiger partial charge in [-0.25, -0.2) is 0 Å². The van der Waals surface area contributed by atoms with E-state index in [1.807, 2.05) is 0 Å². The highest BCUT2D eigenvalue weighted by atomic mass is 16.5. The third-order valence-corrected chi connectivity index (χ3v) is 11.4. The largest absolute Gasteiger partial charge is 0.462 e. The molecule has 4 aliphatic carbocycles. The van der Waals surface area contributed by atoms with Gasteiger partial charge in [-0.3, -0.25) is 9.59 Å². The Hall–Kier alpha value is -1.23. The fourth-order valence-electron chi connectivity index (χ4n) is 9.73. The van der Waals surface area contributed by atoms with E-state index >= 15 is 0 Å². The van der Waals surface area contributed by atoms with Crippen LogP contribution in [0.4, 0.5) is 0 Å². The number of rotatable bonds is 7. The van der Waals surface area contributed by atoms with Gasteiger partial charge < -0.3 is 14.8 Å². The second kappa shape index (κ2) is 10.2. The first kappa shape index (κ1) is 27.8. The van der Waals surface area contributed by atoms with Gasteiger partial charge in [-0.1, -0.05) is 48.0 Å². The van der Waals surface area contributed by atoms with E-state index in [-0.39, 0.29) is 59.0 Å². The molecule has 0 radical (unpaired) electrons. The molecule has 0 bridgehead atoms. The molecule has 4 fully saturated rings. The molecule has 1 N–H and O–H groups in total. The van der Waals surface area contributed by atoms with Gasteiger partial charge in [0.25, 0.3) is 0 Å². The van der Waals surface area contributed by atoms with Gasteiger partial charge in [0.15, 0.2) is 5.78 Å². The number of hydrogen-bond donors (Lipinski definition) is 1. The maximum atomic E-state index is 14.7. The molecule has 204 valence electrons. The Labute approximate surface area is 219 Å². The number of nitrogens with one attached hydrogen (secondary N) is 1. The molecule has 5 nitrogen and oxygen atoms in total. The molecular weight excluding hydrogens is 450 g/mol. The summed E-state index contributed by atoms with van der Waals surface area (Å²) in [5, 5.41) is 3.78. The van der Waals surface area contributed by atoms with Gasteiger partial charge in [-0.05, 0) is 86.4 Å². The average molecular weight is 502 g/mol. The number of Topliss-reactive ketones (excluding diaryl/α,β-unsaturated/α-hetero) is 2. The number of ether oxygens (including phenoxy) is 1. The van der Waals surface area contributed by atoms with E-state index in [4.69, 9.17) is 4.74 Å². The van der Waals surface area contributed by atoms with Gasteiger partial charge in [0, 0.05) is 30.7 Å². The third kappa shape index (κ3) is 4.60. The smallest absolute Gasteiger partial charge is 0.302 e. The van der Waals surface area contributed by atoms with Crippen LogP contribution in [0, 0.1) is 52.3 Å². The monoisotopic (exact) mass is 501 g/mol. The van der Waals surface area contributed by atoms with Crippen LogP contribution in [0.2, 0.25) is 0 Å². The topological polar surface area (TPSA) is 72.5 Å². The van der Waals surface area contributed by atoms with Crippen LogP contribution in [0.1, 0.15) is 107 Å². The Morgan fingerprint density at radius 1 is 1.08 bits per heavy atom. The lowest BCUT2D eigenvalue weighted by molar-refractivity contribution is -0.198. The molecule has 0 saturated heterocycles. The summed E-state index contributed by atoms with van der Waals surface area (Å²) in [4.78, 5) is 38.9. The van der Waals surface area contributed by atoms with Crippen molar-refractivity contribution in [2.24, 2.45) is 52.3 Å². The fourth-order valence-corrected chi connectivity index (χ4v) is 9.73. The maximum Gasteiger partial charge on any atom is 0.302 e. The minimum atomic E-state index is -0.451. The Morgan fingerprint density at radius 3 is 2.39 bits per heavy atom. The molecule has 0 aromatic rings. The van der Waals surface area contributed by atoms with E-state index in [0.29, 0.717) is 30.0 Å². The van der Waals surface area contributed by atoms with Crippen molar-refractivity contribution in [1.29, 1.82) is 0 Å². The Bertz CT molecular complexity index is 869. The van der Waals surface area contributed by atoms with E-state index in [1.54, 1.807) is 13.8 Å². The van der Waals surface area contributed by atoms with Gasteiger partial charge in [0.2, 0.25) is 0 Å². The summed E-state index contributed by atoms with van der Waals surface area (Å²) in [7, 11) is 0. The molecule has 36 heavy (non-hydrogen) atoms. The predicted octanol–water partition coefficient (Wildman–Crippen LogP) is 5.98. The molecule has 0 spiro atoms.